The molecule has 0 bridgehead atoms. The highest BCUT2D eigenvalue weighted by atomic mass is 32.2. The minimum absolute atomic E-state index is 0.106. The number of sulfonamides is 1. The number of nitrogens with one attached hydrogen (secondary N) is 1. The van der Waals surface area contributed by atoms with Gasteiger partial charge in [0.05, 0.1) is 5.69 Å². The molecule has 1 aromatic heterocycles. The lowest BCUT2D eigenvalue weighted by Gasteiger charge is -2.28. The second kappa shape index (κ2) is 6.34. The standard InChI is InChI=1S/C15H24FN3O3S2/c1-14(2,3)11-8-12(23-18-11)17-13(20)15(4,5)24(21,22)19-7-6-10(16)9-19/h8,10H,6-7,9H2,1-5H3,(H,17,20). The Morgan fingerprint density at radius 1 is 1.38 bits per heavy atom. The number of hydrogen-bond donors (Lipinski definition) is 1. The Labute approximate surface area is 146 Å². The van der Waals surface area contributed by atoms with Crippen LogP contribution in [0.3, 0.4) is 0 Å². The summed E-state index contributed by atoms with van der Waals surface area (Å²) in [6, 6.07) is 1.75. The largest absolute Gasteiger partial charge is 0.315 e. The maximum atomic E-state index is 13.3. The normalized spacial score (nSPS) is 20.3. The molecule has 6 nitrogen and oxygen atoms in total. The van der Waals surface area contributed by atoms with Crippen LogP contribution in [0.1, 0.15) is 46.7 Å². The van der Waals surface area contributed by atoms with Gasteiger partial charge in [-0.15, -0.1) is 0 Å². The molecule has 1 aliphatic rings. The van der Waals surface area contributed by atoms with E-state index in [2.05, 4.69) is 9.69 Å². The van der Waals surface area contributed by atoms with E-state index >= 15 is 0 Å². The molecule has 0 radical (unpaired) electrons. The molecule has 1 unspecified atom stereocenters. The van der Waals surface area contributed by atoms with Crippen LogP contribution in [0.25, 0.3) is 0 Å². The van der Waals surface area contributed by atoms with Gasteiger partial charge in [-0.3, -0.25) is 4.79 Å². The molecule has 1 aromatic rings. The fourth-order valence-corrected chi connectivity index (χ4v) is 4.76. The van der Waals surface area contributed by atoms with Crippen molar-refractivity contribution in [3.63, 3.8) is 0 Å². The molecule has 1 fully saturated rings. The summed E-state index contributed by atoms with van der Waals surface area (Å²) in [6.45, 7) is 8.61. The quantitative estimate of drug-likeness (QED) is 0.874. The molecule has 0 spiro atoms. The molecule has 1 atom stereocenters. The molecule has 1 saturated heterocycles. The van der Waals surface area contributed by atoms with Crippen molar-refractivity contribution in [2.45, 2.75) is 57.4 Å². The van der Waals surface area contributed by atoms with E-state index in [1.54, 1.807) is 6.07 Å². The molecule has 1 aliphatic heterocycles. The summed E-state index contributed by atoms with van der Waals surface area (Å²) in [4.78, 5) is 12.5. The van der Waals surface area contributed by atoms with Gasteiger partial charge >= 0.3 is 0 Å². The fraction of sp³-hybridized carbons (Fsp3) is 0.733. The third kappa shape index (κ3) is 3.62. The SMILES string of the molecule is CC(C)(C)c1cc(NC(=O)C(C)(C)S(=O)(=O)N2CCC(F)C2)sn1. The first-order chi connectivity index (χ1) is 10.9. The first-order valence-corrected chi connectivity index (χ1v) is 9.99. The Morgan fingerprint density at radius 3 is 2.46 bits per heavy atom. The lowest BCUT2D eigenvalue weighted by molar-refractivity contribution is -0.117. The van der Waals surface area contributed by atoms with Crippen molar-refractivity contribution >= 4 is 32.5 Å². The number of carbonyl (C=O) groups excluding carboxylic acids is 1. The summed E-state index contributed by atoms with van der Waals surface area (Å²) < 4.78 is 42.4. The maximum absolute atomic E-state index is 13.3. The van der Waals surface area contributed by atoms with Crippen LogP contribution in [0.4, 0.5) is 9.39 Å². The zero-order chi connectivity index (χ0) is 18.3. The fourth-order valence-electron chi connectivity index (χ4n) is 2.30. The number of carbonyl (C=O) groups is 1. The van der Waals surface area contributed by atoms with Gasteiger partial charge < -0.3 is 5.32 Å². The lowest BCUT2D eigenvalue weighted by Crippen LogP contribution is -2.51. The first kappa shape index (κ1) is 19.3. The summed E-state index contributed by atoms with van der Waals surface area (Å²) in [5, 5.41) is 3.13. The highest BCUT2D eigenvalue weighted by molar-refractivity contribution is 7.91. The Hall–Kier alpha value is -1.06. The summed E-state index contributed by atoms with van der Waals surface area (Å²) in [7, 11) is -3.95. The predicted octanol–water partition coefficient (Wildman–Crippen LogP) is 2.53. The lowest BCUT2D eigenvalue weighted by atomic mass is 9.92. The molecule has 9 heteroatoms. The van der Waals surface area contributed by atoms with Crippen LogP contribution in [0.15, 0.2) is 6.07 Å². The number of nitrogens with zero attached hydrogens (tertiary/aromatic N) is 2. The van der Waals surface area contributed by atoms with E-state index in [0.717, 1.165) is 21.5 Å². The Balaban J connectivity index is 2.17. The predicted molar refractivity (Wildman–Crippen MR) is 93.5 cm³/mol. The Kier molecular flexibility index (Phi) is 5.09. The van der Waals surface area contributed by atoms with Crippen molar-refractivity contribution in [2.24, 2.45) is 0 Å². The number of anilines is 1. The monoisotopic (exact) mass is 377 g/mol. The molecular weight excluding hydrogens is 353 g/mol. The average Bonchev–Trinajstić information content (AvgIpc) is 3.07. The van der Waals surface area contributed by atoms with Crippen LogP contribution in [-0.4, -0.2) is 47.0 Å². The number of rotatable bonds is 4. The number of alkyl halides is 1. The van der Waals surface area contributed by atoms with Crippen LogP contribution in [0, 0.1) is 0 Å². The summed E-state index contributed by atoms with van der Waals surface area (Å²) >= 11 is 1.11. The topological polar surface area (TPSA) is 79.4 Å². The molecule has 0 aromatic carbocycles. The van der Waals surface area contributed by atoms with Crippen molar-refractivity contribution in [2.75, 3.05) is 18.4 Å². The van der Waals surface area contributed by atoms with Gasteiger partial charge in [0.2, 0.25) is 15.9 Å². The third-order valence-corrected chi connectivity index (χ3v) is 7.33. The Morgan fingerprint density at radius 2 is 2.00 bits per heavy atom. The van der Waals surface area contributed by atoms with Gasteiger partial charge in [-0.1, -0.05) is 20.8 Å². The molecule has 0 saturated carbocycles. The molecule has 1 amide bonds. The van der Waals surface area contributed by atoms with Crippen molar-refractivity contribution in [3.8, 4) is 0 Å². The number of halogens is 1. The molecule has 2 rings (SSSR count). The van der Waals surface area contributed by atoms with Crippen LogP contribution in [0.5, 0.6) is 0 Å². The first-order valence-electron chi connectivity index (χ1n) is 7.78. The molecular formula is C15H24FN3O3S2. The van der Waals surface area contributed by atoms with Crippen molar-refractivity contribution in [1.29, 1.82) is 0 Å². The van der Waals surface area contributed by atoms with E-state index in [1.165, 1.54) is 13.8 Å². The molecule has 24 heavy (non-hydrogen) atoms. The smallest absolute Gasteiger partial charge is 0.247 e. The van der Waals surface area contributed by atoms with Crippen LogP contribution in [0.2, 0.25) is 0 Å². The zero-order valence-corrected chi connectivity index (χ0v) is 16.2. The highest BCUT2D eigenvalue weighted by Gasteiger charge is 2.47. The van der Waals surface area contributed by atoms with Gasteiger partial charge in [0.15, 0.2) is 4.75 Å². The number of aromatic nitrogens is 1. The van der Waals surface area contributed by atoms with Gasteiger partial charge in [-0.25, -0.2) is 12.8 Å². The summed E-state index contributed by atoms with van der Waals surface area (Å²) in [6.07, 6.45) is -1.00. The van der Waals surface area contributed by atoms with E-state index in [4.69, 9.17) is 0 Å². The van der Waals surface area contributed by atoms with Gasteiger partial charge in [0.25, 0.3) is 0 Å². The van der Waals surface area contributed by atoms with Crippen molar-refractivity contribution in [3.05, 3.63) is 11.8 Å². The van der Waals surface area contributed by atoms with Gasteiger partial charge in [0.1, 0.15) is 11.2 Å². The zero-order valence-electron chi connectivity index (χ0n) is 14.6. The summed E-state index contributed by atoms with van der Waals surface area (Å²) in [5.41, 5.74) is 0.663. The van der Waals surface area contributed by atoms with E-state index < -0.39 is 26.8 Å². The highest BCUT2D eigenvalue weighted by Crippen LogP contribution is 2.30. The van der Waals surface area contributed by atoms with Gasteiger partial charge in [-0.05, 0) is 37.9 Å². The minimum atomic E-state index is -3.95. The van der Waals surface area contributed by atoms with E-state index in [9.17, 15) is 17.6 Å². The molecule has 0 aliphatic carbocycles. The van der Waals surface area contributed by atoms with E-state index in [-0.39, 0.29) is 24.9 Å². The third-order valence-electron chi connectivity index (χ3n) is 4.14. The van der Waals surface area contributed by atoms with E-state index in [1.807, 2.05) is 20.8 Å². The van der Waals surface area contributed by atoms with Crippen LogP contribution >= 0.6 is 11.5 Å². The van der Waals surface area contributed by atoms with Crippen LogP contribution in [-0.2, 0) is 20.2 Å². The number of hydrogen-bond acceptors (Lipinski definition) is 5. The van der Waals surface area contributed by atoms with E-state index in [0.29, 0.717) is 5.00 Å². The van der Waals surface area contributed by atoms with Crippen molar-refractivity contribution in [1.82, 2.24) is 8.68 Å². The van der Waals surface area contributed by atoms with Gasteiger partial charge in [0, 0.05) is 18.5 Å². The second-order valence-electron chi connectivity index (χ2n) is 7.54. The second-order valence-corrected chi connectivity index (χ2v) is 10.8. The molecule has 2 heterocycles. The number of amides is 1. The van der Waals surface area contributed by atoms with Crippen molar-refractivity contribution < 1.29 is 17.6 Å². The van der Waals surface area contributed by atoms with Crippen LogP contribution < -0.4 is 5.32 Å². The van der Waals surface area contributed by atoms with Gasteiger partial charge in [-0.2, -0.15) is 8.68 Å². The molecule has 136 valence electrons. The Bertz CT molecular complexity index is 723. The minimum Gasteiger partial charge on any atom is -0.315 e. The average molecular weight is 378 g/mol. The molecule has 1 N–H and O–H groups in total. The maximum Gasteiger partial charge on any atom is 0.247 e. The summed E-state index contributed by atoms with van der Waals surface area (Å²) in [5.74, 6) is -0.645.